The van der Waals surface area contributed by atoms with Gasteiger partial charge in [0, 0.05) is 21.9 Å². The van der Waals surface area contributed by atoms with Gasteiger partial charge in [0.05, 0.1) is 10.6 Å². The van der Waals surface area contributed by atoms with Crippen molar-refractivity contribution in [2.45, 2.75) is 32.7 Å². The van der Waals surface area contributed by atoms with Crippen LogP contribution < -0.4 is 10.6 Å². The zero-order valence-corrected chi connectivity index (χ0v) is 16.8. The summed E-state index contributed by atoms with van der Waals surface area (Å²) in [6.45, 7) is 4.81. The van der Waals surface area contributed by atoms with Crippen LogP contribution in [-0.2, 0) is 11.2 Å². The Morgan fingerprint density at radius 1 is 1.35 bits per heavy atom. The van der Waals surface area contributed by atoms with Crippen molar-refractivity contribution in [3.05, 3.63) is 32.8 Å². The molecule has 0 aliphatic rings. The van der Waals surface area contributed by atoms with Crippen molar-refractivity contribution in [2.24, 2.45) is 5.92 Å². The minimum absolute atomic E-state index is 0.0685. The third kappa shape index (κ3) is 4.37. The van der Waals surface area contributed by atoms with Crippen LogP contribution in [0.2, 0.25) is 0 Å². The summed E-state index contributed by atoms with van der Waals surface area (Å²) in [4.78, 5) is 15.6. The van der Waals surface area contributed by atoms with Crippen LogP contribution in [0.5, 0.6) is 0 Å². The zero-order valence-electron chi connectivity index (χ0n) is 13.7. The topological polar surface area (TPSA) is 56.9 Å². The van der Waals surface area contributed by atoms with Gasteiger partial charge in [0.2, 0.25) is 5.91 Å². The molecule has 0 saturated heterocycles. The Morgan fingerprint density at radius 3 is 2.74 bits per heavy atom. The van der Waals surface area contributed by atoms with Crippen molar-refractivity contribution >= 4 is 48.7 Å². The first-order valence-corrected chi connectivity index (χ1v) is 9.47. The average molecular weight is 445 g/mol. The van der Waals surface area contributed by atoms with Crippen LogP contribution in [-0.4, -0.2) is 30.5 Å². The third-order valence-electron chi connectivity index (χ3n) is 4.30. The van der Waals surface area contributed by atoms with E-state index in [0.29, 0.717) is 12.5 Å². The first-order chi connectivity index (χ1) is 11.0. The summed E-state index contributed by atoms with van der Waals surface area (Å²) in [6.07, 6.45) is 1.75. The Kier molecular flexibility index (Phi) is 6.68. The number of benzene rings is 1. The summed E-state index contributed by atoms with van der Waals surface area (Å²) in [5.74, 6) is 0.384. The SMILES string of the molecule is CCC(C)C(NC)C(=O)NCCc1c(Br)[nH]c2ccc(Br)cc12. The van der Waals surface area contributed by atoms with Gasteiger partial charge in [0.1, 0.15) is 0 Å². The summed E-state index contributed by atoms with van der Waals surface area (Å²) >= 11 is 7.09. The van der Waals surface area contributed by atoms with Crippen LogP contribution in [0.15, 0.2) is 27.3 Å². The fourth-order valence-electron chi connectivity index (χ4n) is 2.76. The second kappa shape index (κ2) is 8.31. The van der Waals surface area contributed by atoms with E-state index >= 15 is 0 Å². The molecule has 2 unspecified atom stereocenters. The number of rotatable bonds is 7. The number of halogens is 2. The summed E-state index contributed by atoms with van der Waals surface area (Å²) < 4.78 is 2.03. The first kappa shape index (κ1) is 18.5. The average Bonchev–Trinajstić information content (AvgIpc) is 2.83. The maximum absolute atomic E-state index is 12.3. The molecule has 1 amide bonds. The van der Waals surface area contributed by atoms with Gasteiger partial charge >= 0.3 is 0 Å². The lowest BCUT2D eigenvalue weighted by molar-refractivity contribution is -0.124. The van der Waals surface area contributed by atoms with Crippen LogP contribution in [0.4, 0.5) is 0 Å². The van der Waals surface area contributed by atoms with Gasteiger partial charge in [-0.2, -0.15) is 0 Å². The third-order valence-corrected chi connectivity index (χ3v) is 5.47. The van der Waals surface area contributed by atoms with Gasteiger partial charge in [-0.15, -0.1) is 0 Å². The monoisotopic (exact) mass is 443 g/mol. The van der Waals surface area contributed by atoms with Crippen molar-refractivity contribution in [3.63, 3.8) is 0 Å². The number of nitrogens with one attached hydrogen (secondary N) is 3. The van der Waals surface area contributed by atoms with Crippen LogP contribution in [0.25, 0.3) is 10.9 Å². The Balaban J connectivity index is 2.03. The molecule has 1 aromatic carbocycles. The molecule has 2 atom stereocenters. The molecule has 6 heteroatoms. The highest BCUT2D eigenvalue weighted by atomic mass is 79.9. The van der Waals surface area contributed by atoms with E-state index in [-0.39, 0.29) is 11.9 Å². The lowest BCUT2D eigenvalue weighted by atomic mass is 9.98. The fourth-order valence-corrected chi connectivity index (χ4v) is 3.75. The van der Waals surface area contributed by atoms with Crippen molar-refractivity contribution in [1.29, 1.82) is 0 Å². The maximum atomic E-state index is 12.3. The van der Waals surface area contributed by atoms with Crippen molar-refractivity contribution in [1.82, 2.24) is 15.6 Å². The first-order valence-electron chi connectivity index (χ1n) is 7.88. The highest BCUT2D eigenvalue weighted by Gasteiger charge is 2.21. The number of aromatic nitrogens is 1. The van der Waals surface area contributed by atoms with E-state index in [9.17, 15) is 4.79 Å². The van der Waals surface area contributed by atoms with E-state index in [1.54, 1.807) is 0 Å². The molecule has 1 aromatic heterocycles. The Bertz CT molecular complexity index is 684. The largest absolute Gasteiger partial charge is 0.354 e. The molecule has 2 rings (SSSR count). The number of hydrogen-bond acceptors (Lipinski definition) is 2. The summed E-state index contributed by atoms with van der Waals surface area (Å²) in [7, 11) is 1.84. The number of H-pyrrole nitrogens is 1. The molecule has 2 aromatic rings. The molecule has 0 bridgehead atoms. The number of hydrogen-bond donors (Lipinski definition) is 3. The lowest BCUT2D eigenvalue weighted by Crippen LogP contribution is -2.46. The number of aromatic amines is 1. The Morgan fingerprint density at radius 2 is 2.09 bits per heavy atom. The highest BCUT2D eigenvalue weighted by molar-refractivity contribution is 9.10. The second-order valence-electron chi connectivity index (χ2n) is 5.80. The standard InChI is InChI=1S/C17H23Br2N3O/c1-4-10(2)15(20-3)17(23)21-8-7-12-13-9-11(18)5-6-14(13)22-16(12)19/h5-6,9-10,15,20,22H,4,7-8H2,1-3H3,(H,21,23). The summed E-state index contributed by atoms with van der Waals surface area (Å²) in [5, 5.41) is 7.33. The molecular formula is C17H23Br2N3O. The number of carbonyl (C=O) groups is 1. The molecule has 4 nitrogen and oxygen atoms in total. The van der Waals surface area contributed by atoms with Crippen LogP contribution in [0.1, 0.15) is 25.8 Å². The van der Waals surface area contributed by atoms with Gasteiger partial charge < -0.3 is 15.6 Å². The molecule has 0 radical (unpaired) electrons. The molecule has 23 heavy (non-hydrogen) atoms. The normalized spacial score (nSPS) is 14.0. The van der Waals surface area contributed by atoms with E-state index in [1.807, 2.05) is 19.2 Å². The predicted octanol–water partition coefficient (Wildman–Crippen LogP) is 3.99. The molecular weight excluding hydrogens is 422 g/mol. The minimum Gasteiger partial charge on any atom is -0.354 e. The molecule has 0 saturated carbocycles. The van der Waals surface area contributed by atoms with Crippen LogP contribution in [0.3, 0.4) is 0 Å². The van der Waals surface area contributed by atoms with E-state index < -0.39 is 0 Å². The lowest BCUT2D eigenvalue weighted by Gasteiger charge is -2.21. The maximum Gasteiger partial charge on any atom is 0.237 e. The summed E-state index contributed by atoms with van der Waals surface area (Å²) in [6, 6.07) is 6.02. The van der Waals surface area contributed by atoms with Crippen molar-refractivity contribution in [3.8, 4) is 0 Å². The van der Waals surface area contributed by atoms with Gasteiger partial charge in [-0.25, -0.2) is 0 Å². The predicted molar refractivity (Wildman–Crippen MR) is 103 cm³/mol. The number of fused-ring (bicyclic) bond motifs is 1. The Hall–Kier alpha value is -0.850. The molecule has 0 aliphatic carbocycles. The minimum atomic E-state index is -0.138. The highest BCUT2D eigenvalue weighted by Crippen LogP contribution is 2.29. The van der Waals surface area contributed by atoms with Crippen LogP contribution in [0, 0.1) is 5.92 Å². The van der Waals surface area contributed by atoms with E-state index in [1.165, 1.54) is 10.9 Å². The van der Waals surface area contributed by atoms with E-state index in [2.05, 4.69) is 67.4 Å². The fraction of sp³-hybridized carbons (Fsp3) is 0.471. The zero-order chi connectivity index (χ0) is 17.0. The summed E-state index contributed by atoms with van der Waals surface area (Å²) in [5.41, 5.74) is 2.28. The Labute approximate surface area is 154 Å². The molecule has 3 N–H and O–H groups in total. The van der Waals surface area contributed by atoms with Gasteiger partial charge in [-0.05, 0) is 59.1 Å². The second-order valence-corrected chi connectivity index (χ2v) is 7.51. The van der Waals surface area contributed by atoms with Gasteiger partial charge in [-0.3, -0.25) is 4.79 Å². The van der Waals surface area contributed by atoms with Crippen LogP contribution >= 0.6 is 31.9 Å². The quantitative estimate of drug-likeness (QED) is 0.604. The van der Waals surface area contributed by atoms with E-state index in [0.717, 1.165) is 27.4 Å². The molecule has 1 heterocycles. The number of carbonyl (C=O) groups excluding carboxylic acids is 1. The molecule has 0 spiro atoms. The molecule has 0 aliphatic heterocycles. The molecule has 126 valence electrons. The smallest absolute Gasteiger partial charge is 0.237 e. The number of likely N-dealkylation sites (N-methyl/N-ethyl adjacent to an activating group) is 1. The van der Waals surface area contributed by atoms with Crippen molar-refractivity contribution < 1.29 is 4.79 Å². The van der Waals surface area contributed by atoms with E-state index in [4.69, 9.17) is 0 Å². The van der Waals surface area contributed by atoms with Crippen molar-refractivity contribution in [2.75, 3.05) is 13.6 Å². The van der Waals surface area contributed by atoms with Gasteiger partial charge in [0.25, 0.3) is 0 Å². The molecule has 0 fully saturated rings. The van der Waals surface area contributed by atoms with Gasteiger partial charge in [-0.1, -0.05) is 36.2 Å². The van der Waals surface area contributed by atoms with Gasteiger partial charge in [0.15, 0.2) is 0 Å². The number of amides is 1.